The molecule has 114 valence electrons. The maximum Gasteiger partial charge on any atom is 0.161 e. The van der Waals surface area contributed by atoms with Gasteiger partial charge in [0.05, 0.1) is 19.3 Å². The standard InChI is InChI=1S/C15H19ClIN3O/c1-4-18-14(11-8-10(16)6-7-12(11)17)15-13(21-3)9-19-20(15)5-2/h6-9,14,18H,4-5H2,1-3H3. The number of halogens is 2. The number of aromatic nitrogens is 2. The van der Waals surface area contributed by atoms with Crippen LogP contribution in [0, 0.1) is 3.57 Å². The highest BCUT2D eigenvalue weighted by Crippen LogP contribution is 2.33. The molecule has 1 unspecified atom stereocenters. The summed E-state index contributed by atoms with van der Waals surface area (Å²) in [7, 11) is 1.67. The number of aryl methyl sites for hydroxylation is 1. The van der Waals surface area contributed by atoms with Gasteiger partial charge in [-0.15, -0.1) is 0 Å². The molecular formula is C15H19ClIN3O. The molecule has 0 fully saturated rings. The van der Waals surface area contributed by atoms with E-state index in [0.29, 0.717) is 0 Å². The Bertz CT molecular complexity index is 593. The summed E-state index contributed by atoms with van der Waals surface area (Å²) < 4.78 is 8.61. The van der Waals surface area contributed by atoms with Crippen LogP contribution in [-0.4, -0.2) is 23.4 Å². The molecule has 0 saturated carbocycles. The average Bonchev–Trinajstić information content (AvgIpc) is 2.90. The summed E-state index contributed by atoms with van der Waals surface area (Å²) in [6, 6.07) is 5.94. The number of ether oxygens (including phenoxy) is 1. The third-order valence-corrected chi connectivity index (χ3v) is 4.53. The SMILES string of the molecule is CCNC(c1cc(Cl)ccc1I)c1c(OC)cnn1CC. The van der Waals surface area contributed by atoms with Crippen molar-refractivity contribution in [1.82, 2.24) is 15.1 Å². The number of methoxy groups -OCH3 is 1. The molecule has 1 aromatic carbocycles. The van der Waals surface area contributed by atoms with Crippen LogP contribution in [0.5, 0.6) is 5.75 Å². The highest BCUT2D eigenvalue weighted by atomic mass is 127. The Balaban J connectivity index is 2.58. The first-order chi connectivity index (χ1) is 10.1. The fraction of sp³-hybridized carbons (Fsp3) is 0.400. The number of nitrogens with zero attached hydrogens (tertiary/aromatic N) is 2. The van der Waals surface area contributed by atoms with Gasteiger partial charge in [-0.1, -0.05) is 18.5 Å². The molecule has 0 aliphatic rings. The summed E-state index contributed by atoms with van der Waals surface area (Å²) >= 11 is 8.52. The van der Waals surface area contributed by atoms with Crippen molar-refractivity contribution in [3.8, 4) is 5.75 Å². The first kappa shape index (κ1) is 16.6. The fourth-order valence-corrected chi connectivity index (χ4v) is 3.20. The number of benzene rings is 1. The summed E-state index contributed by atoms with van der Waals surface area (Å²) in [4.78, 5) is 0. The third kappa shape index (κ3) is 3.52. The zero-order valence-corrected chi connectivity index (χ0v) is 15.3. The fourth-order valence-electron chi connectivity index (χ4n) is 2.37. The minimum absolute atomic E-state index is 0.00185. The van der Waals surface area contributed by atoms with Gasteiger partial charge in [-0.05, 0) is 59.8 Å². The van der Waals surface area contributed by atoms with Crippen LogP contribution in [0.15, 0.2) is 24.4 Å². The van der Waals surface area contributed by atoms with Crippen LogP contribution in [0.3, 0.4) is 0 Å². The van der Waals surface area contributed by atoms with Gasteiger partial charge in [-0.3, -0.25) is 4.68 Å². The smallest absolute Gasteiger partial charge is 0.161 e. The topological polar surface area (TPSA) is 39.1 Å². The lowest BCUT2D eigenvalue weighted by molar-refractivity contribution is 0.399. The maximum absolute atomic E-state index is 6.18. The molecule has 0 radical (unpaired) electrons. The van der Waals surface area contributed by atoms with E-state index in [-0.39, 0.29) is 6.04 Å². The second kappa shape index (κ2) is 7.47. The maximum atomic E-state index is 6.18. The second-order valence-corrected chi connectivity index (χ2v) is 6.17. The molecule has 6 heteroatoms. The molecular weight excluding hydrogens is 401 g/mol. The Morgan fingerprint density at radius 1 is 1.43 bits per heavy atom. The first-order valence-corrected chi connectivity index (χ1v) is 8.36. The van der Waals surface area contributed by atoms with E-state index in [4.69, 9.17) is 16.3 Å². The van der Waals surface area contributed by atoms with Crippen LogP contribution in [0.1, 0.15) is 31.1 Å². The highest BCUT2D eigenvalue weighted by Gasteiger charge is 2.24. The number of hydrogen-bond acceptors (Lipinski definition) is 3. The number of rotatable bonds is 6. The normalized spacial score (nSPS) is 12.4. The van der Waals surface area contributed by atoms with E-state index in [1.165, 1.54) is 0 Å². The molecule has 0 bridgehead atoms. The monoisotopic (exact) mass is 419 g/mol. The molecule has 0 aliphatic heterocycles. The highest BCUT2D eigenvalue weighted by molar-refractivity contribution is 14.1. The van der Waals surface area contributed by atoms with E-state index in [9.17, 15) is 0 Å². The number of nitrogens with one attached hydrogen (secondary N) is 1. The summed E-state index contributed by atoms with van der Waals surface area (Å²) in [6.07, 6.45) is 1.76. The van der Waals surface area contributed by atoms with Gasteiger partial charge in [0.2, 0.25) is 0 Å². The molecule has 0 saturated heterocycles. The largest absolute Gasteiger partial charge is 0.493 e. The molecule has 21 heavy (non-hydrogen) atoms. The van der Waals surface area contributed by atoms with Gasteiger partial charge in [0.1, 0.15) is 5.69 Å². The van der Waals surface area contributed by atoms with E-state index in [2.05, 4.69) is 46.9 Å². The zero-order valence-electron chi connectivity index (χ0n) is 12.4. The van der Waals surface area contributed by atoms with Gasteiger partial charge in [0.25, 0.3) is 0 Å². The molecule has 4 nitrogen and oxygen atoms in total. The van der Waals surface area contributed by atoms with Crippen LogP contribution in [0.2, 0.25) is 5.02 Å². The van der Waals surface area contributed by atoms with E-state index < -0.39 is 0 Å². The minimum Gasteiger partial charge on any atom is -0.493 e. The molecule has 1 heterocycles. The zero-order chi connectivity index (χ0) is 15.4. The lowest BCUT2D eigenvalue weighted by Crippen LogP contribution is -2.26. The number of hydrogen-bond donors (Lipinski definition) is 1. The van der Waals surface area contributed by atoms with Crippen molar-refractivity contribution in [2.75, 3.05) is 13.7 Å². The van der Waals surface area contributed by atoms with Crippen LogP contribution in [-0.2, 0) is 6.54 Å². The predicted octanol–water partition coefficient (Wildman–Crippen LogP) is 3.87. The summed E-state index contributed by atoms with van der Waals surface area (Å²) in [6.45, 7) is 5.79. The van der Waals surface area contributed by atoms with E-state index in [1.54, 1.807) is 13.3 Å². The molecule has 0 amide bonds. The molecule has 1 atom stereocenters. The van der Waals surface area contributed by atoms with Crippen LogP contribution in [0.25, 0.3) is 0 Å². The van der Waals surface area contributed by atoms with Crippen molar-refractivity contribution in [1.29, 1.82) is 0 Å². The van der Waals surface area contributed by atoms with E-state index in [1.807, 2.05) is 22.9 Å². The van der Waals surface area contributed by atoms with Crippen molar-refractivity contribution in [2.45, 2.75) is 26.4 Å². The first-order valence-electron chi connectivity index (χ1n) is 6.90. The quantitative estimate of drug-likeness (QED) is 0.723. The van der Waals surface area contributed by atoms with Gasteiger partial charge in [-0.25, -0.2) is 0 Å². The van der Waals surface area contributed by atoms with Crippen molar-refractivity contribution in [3.63, 3.8) is 0 Å². The van der Waals surface area contributed by atoms with Crippen molar-refractivity contribution < 1.29 is 4.74 Å². The summed E-state index contributed by atoms with van der Waals surface area (Å²) in [5.41, 5.74) is 2.17. The minimum atomic E-state index is -0.00185. The Hall–Kier alpha value is -0.790. The predicted molar refractivity (Wildman–Crippen MR) is 94.1 cm³/mol. The van der Waals surface area contributed by atoms with Crippen LogP contribution < -0.4 is 10.1 Å². The lowest BCUT2D eigenvalue weighted by Gasteiger charge is -2.22. The Labute approximate surface area is 144 Å². The molecule has 2 aromatic rings. The molecule has 0 spiro atoms. The summed E-state index contributed by atoms with van der Waals surface area (Å²) in [5, 5.41) is 8.65. The van der Waals surface area contributed by atoms with Crippen LogP contribution >= 0.6 is 34.2 Å². The van der Waals surface area contributed by atoms with Crippen molar-refractivity contribution in [2.24, 2.45) is 0 Å². The summed E-state index contributed by atoms with van der Waals surface area (Å²) in [5.74, 6) is 0.790. The average molecular weight is 420 g/mol. The Morgan fingerprint density at radius 3 is 2.81 bits per heavy atom. The van der Waals surface area contributed by atoms with Gasteiger partial charge < -0.3 is 10.1 Å². The van der Waals surface area contributed by atoms with Gasteiger partial charge >= 0.3 is 0 Å². The molecule has 0 aliphatic carbocycles. The van der Waals surface area contributed by atoms with Gasteiger partial charge in [-0.2, -0.15) is 5.10 Å². The molecule has 1 N–H and O–H groups in total. The van der Waals surface area contributed by atoms with Crippen LogP contribution in [0.4, 0.5) is 0 Å². The molecule has 1 aromatic heterocycles. The van der Waals surface area contributed by atoms with E-state index >= 15 is 0 Å². The van der Waals surface area contributed by atoms with Crippen molar-refractivity contribution in [3.05, 3.63) is 44.2 Å². The van der Waals surface area contributed by atoms with Crippen molar-refractivity contribution >= 4 is 34.2 Å². The van der Waals surface area contributed by atoms with Gasteiger partial charge in [0.15, 0.2) is 5.75 Å². The van der Waals surface area contributed by atoms with E-state index in [0.717, 1.165) is 38.7 Å². The molecule has 2 rings (SSSR count). The lowest BCUT2D eigenvalue weighted by atomic mass is 10.0. The third-order valence-electron chi connectivity index (χ3n) is 3.32. The Kier molecular flexibility index (Phi) is 5.89. The van der Waals surface area contributed by atoms with Gasteiger partial charge in [0, 0.05) is 15.1 Å². The Morgan fingerprint density at radius 2 is 2.19 bits per heavy atom. The second-order valence-electron chi connectivity index (χ2n) is 4.57.